The second-order valence-corrected chi connectivity index (χ2v) is 6.05. The van der Waals surface area contributed by atoms with Crippen molar-refractivity contribution in [3.05, 3.63) is 35.4 Å². The van der Waals surface area contributed by atoms with Crippen molar-refractivity contribution in [3.8, 4) is 0 Å². The molecule has 0 aliphatic heterocycles. The summed E-state index contributed by atoms with van der Waals surface area (Å²) in [5.74, 6) is 0. The Morgan fingerprint density at radius 2 is 1.94 bits per heavy atom. The number of aliphatic hydroxyl groups excluding tert-OH is 1. The van der Waals surface area contributed by atoms with Crippen LogP contribution in [0.1, 0.15) is 44.7 Å². The number of rotatable bonds is 1. The first kappa shape index (κ1) is 11.6. The maximum atomic E-state index is 9.39. The van der Waals surface area contributed by atoms with Gasteiger partial charge in [0.15, 0.2) is 0 Å². The molecule has 2 heteroatoms. The minimum absolute atomic E-state index is 0.148. The van der Waals surface area contributed by atoms with Crippen molar-refractivity contribution < 1.29 is 5.11 Å². The molecule has 1 saturated carbocycles. The molecule has 16 heavy (non-hydrogen) atoms. The zero-order chi connectivity index (χ0) is 12.0. The summed E-state index contributed by atoms with van der Waals surface area (Å²) in [6, 6.07) is 8.46. The topological polar surface area (TPSA) is 46.2 Å². The van der Waals surface area contributed by atoms with Crippen molar-refractivity contribution in [3.63, 3.8) is 0 Å². The molecule has 0 saturated heterocycles. The fourth-order valence-electron chi connectivity index (χ4n) is 2.31. The van der Waals surface area contributed by atoms with Crippen molar-refractivity contribution in [2.24, 2.45) is 5.73 Å². The van der Waals surface area contributed by atoms with Gasteiger partial charge < -0.3 is 10.8 Å². The quantitative estimate of drug-likeness (QED) is 0.761. The van der Waals surface area contributed by atoms with Gasteiger partial charge in [-0.05, 0) is 29.4 Å². The first-order chi connectivity index (χ1) is 7.31. The van der Waals surface area contributed by atoms with Crippen LogP contribution in [0.15, 0.2) is 24.3 Å². The molecule has 2 rings (SSSR count). The molecule has 1 aromatic rings. The normalized spacial score (nSPS) is 29.9. The minimum atomic E-state index is -0.305. The van der Waals surface area contributed by atoms with Gasteiger partial charge in [-0.1, -0.05) is 45.0 Å². The molecule has 1 aliphatic carbocycles. The fourth-order valence-corrected chi connectivity index (χ4v) is 2.31. The second kappa shape index (κ2) is 3.57. The van der Waals surface area contributed by atoms with Crippen LogP contribution < -0.4 is 5.73 Å². The van der Waals surface area contributed by atoms with Crippen LogP contribution in [0.25, 0.3) is 0 Å². The average Bonchev–Trinajstić information content (AvgIpc) is 2.14. The molecular weight excluding hydrogens is 198 g/mol. The third kappa shape index (κ3) is 2.00. The summed E-state index contributed by atoms with van der Waals surface area (Å²) in [7, 11) is 0. The standard InChI is InChI=1S/C14H21NO/c1-13(2,3)10-5-4-6-11(7-10)14(15)8-12(16)9-14/h4-7,12,16H,8-9,15H2,1-3H3. The predicted octanol–water partition coefficient (Wildman–Crippen LogP) is 2.29. The lowest BCUT2D eigenvalue weighted by Gasteiger charge is -2.43. The van der Waals surface area contributed by atoms with Gasteiger partial charge in [0.25, 0.3) is 0 Å². The molecule has 0 atom stereocenters. The van der Waals surface area contributed by atoms with Crippen LogP contribution in [-0.4, -0.2) is 11.2 Å². The predicted molar refractivity (Wildman–Crippen MR) is 66.2 cm³/mol. The Morgan fingerprint density at radius 1 is 1.31 bits per heavy atom. The van der Waals surface area contributed by atoms with Crippen LogP contribution in [-0.2, 0) is 11.0 Å². The van der Waals surface area contributed by atoms with Crippen LogP contribution in [0.2, 0.25) is 0 Å². The number of nitrogens with two attached hydrogens (primary N) is 1. The summed E-state index contributed by atoms with van der Waals surface area (Å²) < 4.78 is 0. The van der Waals surface area contributed by atoms with E-state index in [9.17, 15) is 5.11 Å². The third-order valence-corrected chi connectivity index (χ3v) is 3.50. The lowest BCUT2D eigenvalue weighted by atomic mass is 9.69. The number of hydrogen-bond donors (Lipinski definition) is 2. The van der Waals surface area contributed by atoms with E-state index in [0.717, 1.165) is 5.56 Å². The van der Waals surface area contributed by atoms with E-state index < -0.39 is 0 Å². The van der Waals surface area contributed by atoms with Crippen molar-refractivity contribution in [1.29, 1.82) is 0 Å². The van der Waals surface area contributed by atoms with Gasteiger partial charge in [-0.15, -0.1) is 0 Å². The van der Waals surface area contributed by atoms with E-state index in [4.69, 9.17) is 5.73 Å². The van der Waals surface area contributed by atoms with Gasteiger partial charge in [0.05, 0.1) is 6.10 Å². The van der Waals surface area contributed by atoms with Gasteiger partial charge in [-0.2, -0.15) is 0 Å². The van der Waals surface area contributed by atoms with Gasteiger partial charge in [0.2, 0.25) is 0 Å². The summed E-state index contributed by atoms with van der Waals surface area (Å²) in [5, 5.41) is 9.39. The largest absolute Gasteiger partial charge is 0.393 e. The Kier molecular flexibility index (Phi) is 2.59. The Labute approximate surface area is 97.5 Å². The molecule has 1 fully saturated rings. The molecule has 2 nitrogen and oxygen atoms in total. The van der Waals surface area contributed by atoms with Gasteiger partial charge in [-0.25, -0.2) is 0 Å². The van der Waals surface area contributed by atoms with E-state index in [1.807, 2.05) is 0 Å². The second-order valence-electron chi connectivity index (χ2n) is 6.05. The molecule has 3 N–H and O–H groups in total. The molecular formula is C14H21NO. The lowest BCUT2D eigenvalue weighted by Crippen LogP contribution is -2.51. The summed E-state index contributed by atoms with van der Waals surface area (Å²) in [5.41, 5.74) is 8.57. The zero-order valence-corrected chi connectivity index (χ0v) is 10.3. The minimum Gasteiger partial charge on any atom is -0.393 e. The van der Waals surface area contributed by atoms with Crippen LogP contribution in [0, 0.1) is 0 Å². The molecule has 0 bridgehead atoms. The van der Waals surface area contributed by atoms with E-state index in [0.29, 0.717) is 12.8 Å². The summed E-state index contributed by atoms with van der Waals surface area (Å²) in [6.07, 6.45) is 1.14. The van der Waals surface area contributed by atoms with Crippen LogP contribution in [0.3, 0.4) is 0 Å². The highest BCUT2D eigenvalue weighted by Crippen LogP contribution is 2.40. The highest BCUT2D eigenvalue weighted by Gasteiger charge is 2.41. The number of aliphatic hydroxyl groups is 1. The highest BCUT2D eigenvalue weighted by molar-refractivity contribution is 5.34. The summed E-state index contributed by atoms with van der Waals surface area (Å²) in [4.78, 5) is 0. The number of hydrogen-bond acceptors (Lipinski definition) is 2. The molecule has 0 amide bonds. The SMILES string of the molecule is CC(C)(C)c1cccc(C2(N)CC(O)C2)c1. The Bertz CT molecular complexity index is 386. The van der Waals surface area contributed by atoms with Crippen molar-refractivity contribution in [2.45, 2.75) is 50.7 Å². The molecule has 0 unspecified atom stereocenters. The van der Waals surface area contributed by atoms with Crippen molar-refractivity contribution in [1.82, 2.24) is 0 Å². The molecule has 0 heterocycles. The van der Waals surface area contributed by atoms with Gasteiger partial charge >= 0.3 is 0 Å². The first-order valence-electron chi connectivity index (χ1n) is 5.89. The molecule has 88 valence electrons. The third-order valence-electron chi connectivity index (χ3n) is 3.50. The Hall–Kier alpha value is -0.860. The first-order valence-corrected chi connectivity index (χ1v) is 5.89. The maximum Gasteiger partial charge on any atom is 0.0582 e. The van der Waals surface area contributed by atoms with E-state index in [1.54, 1.807) is 0 Å². The highest BCUT2D eigenvalue weighted by atomic mass is 16.3. The average molecular weight is 219 g/mol. The molecule has 1 aromatic carbocycles. The van der Waals surface area contributed by atoms with Crippen molar-refractivity contribution in [2.75, 3.05) is 0 Å². The van der Waals surface area contributed by atoms with Gasteiger partial charge in [0, 0.05) is 5.54 Å². The van der Waals surface area contributed by atoms with E-state index in [1.165, 1.54) is 5.56 Å². The maximum absolute atomic E-state index is 9.39. The summed E-state index contributed by atoms with van der Waals surface area (Å²) >= 11 is 0. The van der Waals surface area contributed by atoms with Gasteiger partial charge in [-0.3, -0.25) is 0 Å². The molecule has 1 aliphatic rings. The van der Waals surface area contributed by atoms with E-state index in [2.05, 4.69) is 45.0 Å². The van der Waals surface area contributed by atoms with Gasteiger partial charge in [0.1, 0.15) is 0 Å². The van der Waals surface area contributed by atoms with Crippen LogP contribution >= 0.6 is 0 Å². The molecule has 0 aromatic heterocycles. The number of benzene rings is 1. The zero-order valence-electron chi connectivity index (χ0n) is 10.3. The summed E-state index contributed by atoms with van der Waals surface area (Å²) in [6.45, 7) is 6.60. The Balaban J connectivity index is 2.30. The van der Waals surface area contributed by atoms with Crippen molar-refractivity contribution >= 4 is 0 Å². The molecule has 0 radical (unpaired) electrons. The fraction of sp³-hybridized carbons (Fsp3) is 0.571. The van der Waals surface area contributed by atoms with Crippen LogP contribution in [0.5, 0.6) is 0 Å². The Morgan fingerprint density at radius 3 is 2.44 bits per heavy atom. The monoisotopic (exact) mass is 219 g/mol. The molecule has 0 spiro atoms. The lowest BCUT2D eigenvalue weighted by molar-refractivity contribution is 0.0209. The van der Waals surface area contributed by atoms with E-state index in [-0.39, 0.29) is 17.1 Å². The van der Waals surface area contributed by atoms with Crippen LogP contribution in [0.4, 0.5) is 0 Å². The smallest absolute Gasteiger partial charge is 0.0582 e. The van der Waals surface area contributed by atoms with E-state index >= 15 is 0 Å².